The largest absolute Gasteiger partial charge is 0.391 e. The number of benzene rings is 3. The molecule has 3 aromatic rings. The molecule has 6 N–H and O–H groups in total. The minimum atomic E-state index is -3.47. The molecule has 0 saturated heterocycles. The van der Waals surface area contributed by atoms with E-state index in [1.807, 2.05) is 0 Å². The summed E-state index contributed by atoms with van der Waals surface area (Å²) in [4.78, 5) is 16.8. The van der Waals surface area contributed by atoms with Crippen molar-refractivity contribution in [3.8, 4) is 0 Å². The van der Waals surface area contributed by atoms with Gasteiger partial charge in [-0.25, -0.2) is 8.78 Å². The van der Waals surface area contributed by atoms with E-state index in [9.17, 15) is 9.18 Å². The fourth-order valence-corrected chi connectivity index (χ4v) is 3.57. The predicted octanol–water partition coefficient (Wildman–Crippen LogP) is 5.37. The number of carbonyl (C=O) groups is 1. The Kier molecular flexibility index (Phi) is 10.7. The number of fused-ring (bicyclic) bond motifs is 1. The number of nitrogens with zero attached hydrogens (tertiary/aromatic N) is 1. The van der Waals surface area contributed by atoms with Crippen LogP contribution in [0.3, 0.4) is 0 Å². The first-order valence-electron chi connectivity index (χ1n) is 10.7. The van der Waals surface area contributed by atoms with E-state index in [1.165, 1.54) is 30.3 Å². The fraction of sp³-hybridized carbons (Fsp3) is 0.250. The van der Waals surface area contributed by atoms with Crippen LogP contribution in [0.1, 0.15) is 22.8 Å². The number of amides is 1. The summed E-state index contributed by atoms with van der Waals surface area (Å²) in [6.07, 6.45) is -0.443. The van der Waals surface area contributed by atoms with Gasteiger partial charge in [0, 0.05) is 25.8 Å². The summed E-state index contributed by atoms with van der Waals surface area (Å²) in [7, 11) is 0. The zero-order valence-corrected chi connectivity index (χ0v) is 19.4. The molecule has 3 aromatic carbocycles. The minimum Gasteiger partial charge on any atom is -0.391 e. The highest BCUT2D eigenvalue weighted by molar-refractivity contribution is 6.31. The molecule has 7 nitrogen and oxygen atoms in total. The number of oxime groups is 1. The first kappa shape index (κ1) is 29.4. The lowest BCUT2D eigenvalue weighted by Crippen LogP contribution is -2.29. The lowest BCUT2D eigenvalue weighted by molar-refractivity contribution is -0.120. The molecule has 0 aromatic heterocycles. The van der Waals surface area contributed by atoms with Crippen LogP contribution < -0.4 is 22.1 Å². The van der Waals surface area contributed by atoms with Crippen molar-refractivity contribution in [2.45, 2.75) is 19.8 Å². The third kappa shape index (κ3) is 7.84. The van der Waals surface area contributed by atoms with Crippen LogP contribution in [-0.4, -0.2) is 33.0 Å². The summed E-state index contributed by atoms with van der Waals surface area (Å²) in [5, 5.41) is 8.18. The first-order valence-corrected chi connectivity index (χ1v) is 10.7. The second-order valence-electron chi connectivity index (χ2n) is 7.46. The highest BCUT2D eigenvalue weighted by Crippen LogP contribution is 2.35. The fourth-order valence-electron chi connectivity index (χ4n) is 3.36. The highest BCUT2D eigenvalue weighted by Gasteiger charge is 2.34. The van der Waals surface area contributed by atoms with Crippen molar-refractivity contribution in [3.63, 3.8) is 0 Å². The number of alkyl halides is 2. The lowest BCUT2D eigenvalue weighted by Gasteiger charge is -2.21. The topological polar surface area (TPSA) is 115 Å². The molecule has 0 aliphatic rings. The molecule has 0 atom stereocenters. The normalized spacial score (nSPS) is 10.8. The molecule has 3 rings (SSSR count). The Hall–Kier alpha value is -3.80. The molecule has 13 heteroatoms. The number of hydrogen-bond acceptors (Lipinski definition) is 4. The van der Waals surface area contributed by atoms with Crippen molar-refractivity contribution in [2.24, 2.45) is 16.6 Å². The van der Waals surface area contributed by atoms with E-state index in [-0.39, 0.29) is 57.9 Å². The van der Waals surface area contributed by atoms with E-state index in [0.717, 1.165) is 12.1 Å². The summed E-state index contributed by atoms with van der Waals surface area (Å²) in [6.45, 7) is -0.978. The summed E-state index contributed by atoms with van der Waals surface area (Å²) in [5.41, 5.74) is 9.34. The van der Waals surface area contributed by atoms with Gasteiger partial charge in [-0.15, -0.1) is 0 Å². The maximum absolute atomic E-state index is 15.0. The molecular weight excluding hydrogens is 521 g/mol. The third-order valence-electron chi connectivity index (χ3n) is 4.97. The average Bonchev–Trinajstić information content (AvgIpc) is 2.87. The SMILES string of the molecule is C.NC(N)=NOCCNC(=O)Cc1c(Cl)ccc(NCC(F)(F)c2ccc(F)c3ccccc23)c1F.[3H]F.[HH].[HH].[HH]. The standard InChI is InChI=1S/C23H22ClF4N5O2.CH4.FH.3H2/c24-17-6-8-19(21(26)15(17)11-20(34)31-9-10-35-33-22(29)30)32-12-23(27,28)16-5-7-18(25)14-4-2-1-3-13(14)16;;;;;/h1-8,32H,9-12H2,(H,31,34)(H4,29,30,33);1H4;4*1H/i/hT. The van der Waals surface area contributed by atoms with Crippen molar-refractivity contribution in [1.82, 2.24) is 5.32 Å². The maximum atomic E-state index is 15.0. The zero-order chi connectivity index (χ0) is 27.6. The van der Waals surface area contributed by atoms with Gasteiger partial charge in [-0.3, -0.25) is 9.51 Å². The molecule has 0 radical (unpaired) electrons. The number of nitrogens with two attached hydrogens (primary N) is 2. The molecule has 0 fully saturated rings. The second-order valence-corrected chi connectivity index (χ2v) is 7.87. The second kappa shape index (κ2) is 13.5. The van der Waals surface area contributed by atoms with E-state index in [0.29, 0.717) is 0 Å². The zero-order valence-electron chi connectivity index (χ0n) is 19.6. The Morgan fingerprint density at radius 1 is 1.14 bits per heavy atom. The van der Waals surface area contributed by atoms with Gasteiger partial charge in [0.2, 0.25) is 11.9 Å². The van der Waals surface area contributed by atoms with Crippen molar-refractivity contribution in [3.05, 3.63) is 76.3 Å². The van der Waals surface area contributed by atoms with Gasteiger partial charge in [0.25, 0.3) is 7.37 Å². The molecule has 0 saturated carbocycles. The Balaban J connectivity index is -0.00000235. The van der Waals surface area contributed by atoms with Gasteiger partial charge in [0.15, 0.2) is 5.82 Å². The first-order chi connectivity index (χ1) is 17.6. The highest BCUT2D eigenvalue weighted by atomic mass is 35.5. The van der Waals surface area contributed by atoms with Crippen LogP contribution in [0.4, 0.5) is 28.0 Å². The minimum absolute atomic E-state index is 0. The van der Waals surface area contributed by atoms with E-state index < -0.39 is 42.0 Å². The summed E-state index contributed by atoms with van der Waals surface area (Å²) in [5.74, 6) is -5.90. The molecule has 0 aliphatic heterocycles. The van der Waals surface area contributed by atoms with Crippen molar-refractivity contribution in [1.29, 1.82) is 1.45 Å². The molecule has 208 valence electrons. The van der Waals surface area contributed by atoms with Gasteiger partial charge >= 0.3 is 0 Å². The predicted molar refractivity (Wildman–Crippen MR) is 142 cm³/mol. The Bertz CT molecular complexity index is 1270. The van der Waals surface area contributed by atoms with E-state index in [1.54, 1.807) is 6.07 Å². The smallest absolute Gasteiger partial charge is 0.290 e. The van der Waals surface area contributed by atoms with Crippen LogP contribution in [0.5, 0.6) is 0 Å². The van der Waals surface area contributed by atoms with Gasteiger partial charge in [0.1, 0.15) is 12.4 Å². The van der Waals surface area contributed by atoms with Crippen LogP contribution in [0.2, 0.25) is 5.02 Å². The van der Waals surface area contributed by atoms with Gasteiger partial charge in [-0.2, -0.15) is 8.78 Å². The van der Waals surface area contributed by atoms with Crippen molar-refractivity contribution < 1.29 is 36.2 Å². The summed E-state index contributed by atoms with van der Waals surface area (Å²) < 4.78 is 72.1. The average molecular weight is 556 g/mol. The number of rotatable bonds is 10. The van der Waals surface area contributed by atoms with Gasteiger partial charge in [-0.1, -0.05) is 43.3 Å². The number of anilines is 1. The Morgan fingerprint density at radius 3 is 2.49 bits per heavy atom. The maximum Gasteiger partial charge on any atom is 0.290 e. The number of halogens is 6. The number of nitrogens with one attached hydrogen (secondary N) is 2. The molecule has 37 heavy (non-hydrogen) atoms. The molecule has 0 unspecified atom stereocenters. The van der Waals surface area contributed by atoms with Gasteiger partial charge in [-0.05, 0) is 34.8 Å². The van der Waals surface area contributed by atoms with Gasteiger partial charge < -0.3 is 26.9 Å². The van der Waals surface area contributed by atoms with Crippen LogP contribution in [0.25, 0.3) is 10.8 Å². The summed E-state index contributed by atoms with van der Waals surface area (Å²) in [6, 6.07) is 10.3. The molecule has 0 spiro atoms. The summed E-state index contributed by atoms with van der Waals surface area (Å²) >= 11 is 6.03. The molecule has 1 amide bonds. The molecule has 0 aliphatic carbocycles. The van der Waals surface area contributed by atoms with Gasteiger partial charge in [0.05, 0.1) is 25.2 Å². The number of carbonyl (C=O) groups excluding carboxylic acids is 1. The third-order valence-corrected chi connectivity index (χ3v) is 5.33. The van der Waals surface area contributed by atoms with E-state index in [2.05, 4.69) is 17.2 Å². The van der Waals surface area contributed by atoms with Crippen LogP contribution in [0.15, 0.2) is 53.7 Å². The Morgan fingerprint density at radius 2 is 1.81 bits per heavy atom. The van der Waals surface area contributed by atoms with Crippen LogP contribution in [0, 0.1) is 11.6 Å². The lowest BCUT2D eigenvalue weighted by atomic mass is 9.99. The van der Waals surface area contributed by atoms with Crippen molar-refractivity contribution in [2.75, 3.05) is 25.0 Å². The number of hydrogen-bond donors (Lipinski definition) is 4. The van der Waals surface area contributed by atoms with E-state index >= 15 is 13.2 Å². The molecule has 0 bridgehead atoms. The quantitative estimate of drug-likeness (QED) is 0.0883. The van der Waals surface area contributed by atoms with Crippen LogP contribution >= 0.6 is 11.6 Å². The monoisotopic (exact) mass is 555 g/mol. The molecular formula is C24H33ClF5N5O2. The van der Waals surface area contributed by atoms with Crippen molar-refractivity contribution >= 4 is 39.9 Å². The van der Waals surface area contributed by atoms with Crippen LogP contribution in [-0.2, 0) is 22.0 Å². The van der Waals surface area contributed by atoms with E-state index in [4.69, 9.17) is 32.6 Å². The Labute approximate surface area is 221 Å². The molecule has 0 heterocycles. The number of guanidine groups is 1.